The van der Waals surface area contributed by atoms with Gasteiger partial charge in [0.25, 0.3) is 5.56 Å². The molecule has 2 aromatic heterocycles. The smallest absolute Gasteiger partial charge is 0.256 e. The predicted molar refractivity (Wildman–Crippen MR) is 113 cm³/mol. The molecule has 0 aliphatic heterocycles. The van der Waals surface area contributed by atoms with Gasteiger partial charge in [0.05, 0.1) is 11.0 Å². The lowest BCUT2D eigenvalue weighted by molar-refractivity contribution is -0.119. The van der Waals surface area contributed by atoms with Crippen LogP contribution in [0.4, 0.5) is 9.52 Å². The second kappa shape index (κ2) is 8.79. The predicted octanol–water partition coefficient (Wildman–Crippen LogP) is 2.59. The minimum atomic E-state index is -0.416. The van der Waals surface area contributed by atoms with Crippen LogP contribution in [0, 0.1) is 19.7 Å². The van der Waals surface area contributed by atoms with Crippen LogP contribution in [0.3, 0.4) is 0 Å². The molecule has 0 aliphatic carbocycles. The first kappa shape index (κ1) is 21.1. The Labute approximate surface area is 172 Å². The van der Waals surface area contributed by atoms with Gasteiger partial charge in [-0.3, -0.25) is 19.1 Å². The van der Waals surface area contributed by atoms with E-state index in [9.17, 15) is 14.0 Å². The van der Waals surface area contributed by atoms with Gasteiger partial charge in [0.2, 0.25) is 5.91 Å². The molecule has 0 saturated carbocycles. The summed E-state index contributed by atoms with van der Waals surface area (Å²) < 4.78 is 16.1. The van der Waals surface area contributed by atoms with Gasteiger partial charge in [-0.2, -0.15) is 0 Å². The van der Waals surface area contributed by atoms with E-state index in [2.05, 4.69) is 9.97 Å². The molecule has 3 rings (SSSR count). The van der Waals surface area contributed by atoms with Crippen molar-refractivity contribution in [2.45, 2.75) is 26.8 Å². The molecule has 0 aliphatic rings. The number of anilines is 1. The van der Waals surface area contributed by atoms with Gasteiger partial charge in [0, 0.05) is 17.8 Å². The van der Waals surface area contributed by atoms with Crippen molar-refractivity contribution in [3.8, 4) is 0 Å². The third-order valence-electron chi connectivity index (χ3n) is 4.70. The molecule has 2 heterocycles. The molecular weight excluding hydrogens is 393 g/mol. The molecule has 1 amide bonds. The molecule has 1 aromatic carbocycles. The fraction of sp³-hybridized carbons (Fsp3) is 0.400. The number of rotatable bonds is 7. The van der Waals surface area contributed by atoms with Crippen LogP contribution < -0.4 is 10.5 Å². The maximum absolute atomic E-state index is 14.1. The summed E-state index contributed by atoms with van der Waals surface area (Å²) >= 11 is 1.26. The number of para-hydroxylation sites is 1. The number of amides is 1. The number of aryl methyl sites for hydroxylation is 1. The highest BCUT2D eigenvalue weighted by molar-refractivity contribution is 7.22. The van der Waals surface area contributed by atoms with Gasteiger partial charge < -0.3 is 4.90 Å². The molecule has 0 saturated heterocycles. The number of carbonyl (C=O) groups excluding carboxylic acids is 1. The lowest BCUT2D eigenvalue weighted by Gasteiger charge is -2.21. The molecule has 0 fully saturated rings. The van der Waals surface area contributed by atoms with E-state index in [1.165, 1.54) is 33.2 Å². The largest absolute Gasteiger partial charge is 0.309 e. The molecule has 0 spiro atoms. The van der Waals surface area contributed by atoms with E-state index < -0.39 is 5.82 Å². The molecule has 0 atom stereocenters. The van der Waals surface area contributed by atoms with Gasteiger partial charge >= 0.3 is 0 Å². The van der Waals surface area contributed by atoms with E-state index in [1.807, 2.05) is 19.0 Å². The second-order valence-electron chi connectivity index (χ2n) is 7.17. The zero-order valence-corrected chi connectivity index (χ0v) is 17.8. The minimum Gasteiger partial charge on any atom is -0.309 e. The van der Waals surface area contributed by atoms with Gasteiger partial charge in [0.15, 0.2) is 5.13 Å². The van der Waals surface area contributed by atoms with Crippen molar-refractivity contribution in [1.29, 1.82) is 0 Å². The van der Waals surface area contributed by atoms with E-state index in [0.29, 0.717) is 27.6 Å². The molecule has 3 aromatic rings. The number of thiazole rings is 1. The van der Waals surface area contributed by atoms with Crippen molar-refractivity contribution < 1.29 is 9.18 Å². The Hall–Kier alpha value is -2.65. The number of nitrogens with zero attached hydrogens (tertiary/aromatic N) is 5. The first-order chi connectivity index (χ1) is 13.8. The van der Waals surface area contributed by atoms with Gasteiger partial charge in [-0.25, -0.2) is 14.4 Å². The van der Waals surface area contributed by atoms with Gasteiger partial charge in [-0.05, 0) is 53.0 Å². The topological polar surface area (TPSA) is 71.3 Å². The Morgan fingerprint density at radius 1 is 1.24 bits per heavy atom. The number of aromatic nitrogens is 3. The first-order valence-electron chi connectivity index (χ1n) is 9.30. The fourth-order valence-electron chi connectivity index (χ4n) is 2.91. The van der Waals surface area contributed by atoms with Crippen LogP contribution in [0.2, 0.25) is 0 Å². The van der Waals surface area contributed by atoms with E-state index >= 15 is 0 Å². The molecule has 0 radical (unpaired) electrons. The number of benzene rings is 1. The summed E-state index contributed by atoms with van der Waals surface area (Å²) in [5.41, 5.74) is 1.17. The Bertz CT molecular complexity index is 1090. The van der Waals surface area contributed by atoms with Crippen molar-refractivity contribution in [2.24, 2.45) is 0 Å². The van der Waals surface area contributed by atoms with Crippen LogP contribution in [0.25, 0.3) is 10.2 Å². The van der Waals surface area contributed by atoms with Crippen molar-refractivity contribution in [1.82, 2.24) is 19.4 Å². The lowest BCUT2D eigenvalue weighted by Crippen LogP contribution is -2.38. The van der Waals surface area contributed by atoms with Crippen LogP contribution in [-0.2, 0) is 11.3 Å². The molecule has 0 bridgehead atoms. The normalized spacial score (nSPS) is 11.4. The number of fused-ring (bicyclic) bond motifs is 1. The van der Waals surface area contributed by atoms with E-state index in [0.717, 1.165) is 13.0 Å². The third-order valence-corrected chi connectivity index (χ3v) is 5.74. The summed E-state index contributed by atoms with van der Waals surface area (Å²) in [6, 6.07) is 4.75. The molecular formula is C20H24FN5O2S. The highest BCUT2D eigenvalue weighted by Crippen LogP contribution is 2.30. The number of hydrogen-bond donors (Lipinski definition) is 0. The van der Waals surface area contributed by atoms with Gasteiger partial charge in [-0.1, -0.05) is 17.4 Å². The van der Waals surface area contributed by atoms with Crippen LogP contribution >= 0.6 is 11.3 Å². The molecule has 7 nitrogen and oxygen atoms in total. The fourth-order valence-corrected chi connectivity index (χ4v) is 3.93. The third kappa shape index (κ3) is 4.68. The van der Waals surface area contributed by atoms with Crippen molar-refractivity contribution in [3.63, 3.8) is 0 Å². The van der Waals surface area contributed by atoms with E-state index in [1.54, 1.807) is 26.0 Å². The maximum Gasteiger partial charge on any atom is 0.256 e. The summed E-state index contributed by atoms with van der Waals surface area (Å²) in [4.78, 5) is 37.7. The van der Waals surface area contributed by atoms with Gasteiger partial charge in [-0.15, -0.1) is 0 Å². The maximum atomic E-state index is 14.1. The molecule has 154 valence electrons. The quantitative estimate of drug-likeness (QED) is 0.591. The monoisotopic (exact) mass is 417 g/mol. The van der Waals surface area contributed by atoms with Crippen molar-refractivity contribution in [2.75, 3.05) is 32.1 Å². The lowest BCUT2D eigenvalue weighted by atomic mass is 10.3. The van der Waals surface area contributed by atoms with Crippen LogP contribution in [0.5, 0.6) is 0 Å². The Kier molecular flexibility index (Phi) is 6.39. The van der Waals surface area contributed by atoms with Crippen molar-refractivity contribution >= 4 is 32.6 Å². The number of carbonyl (C=O) groups is 1. The Balaban J connectivity index is 1.91. The SMILES string of the molecule is Cc1ncn(CC(=O)N(CCCN(C)C)c2nc3c(F)cccc3s2)c(=O)c1C. The summed E-state index contributed by atoms with van der Waals surface area (Å²) in [6.07, 6.45) is 2.11. The molecule has 9 heteroatoms. The Morgan fingerprint density at radius 2 is 2.00 bits per heavy atom. The zero-order valence-electron chi connectivity index (χ0n) is 17.0. The highest BCUT2D eigenvalue weighted by Gasteiger charge is 2.21. The number of hydrogen-bond acceptors (Lipinski definition) is 6. The average Bonchev–Trinajstić information content (AvgIpc) is 3.10. The van der Waals surface area contributed by atoms with Gasteiger partial charge in [0.1, 0.15) is 17.9 Å². The van der Waals surface area contributed by atoms with Crippen LogP contribution in [0.1, 0.15) is 17.7 Å². The average molecular weight is 418 g/mol. The van der Waals surface area contributed by atoms with E-state index in [4.69, 9.17) is 0 Å². The van der Waals surface area contributed by atoms with E-state index in [-0.39, 0.29) is 23.5 Å². The van der Waals surface area contributed by atoms with Crippen LogP contribution in [0.15, 0.2) is 29.3 Å². The van der Waals surface area contributed by atoms with Crippen LogP contribution in [-0.4, -0.2) is 52.5 Å². The molecule has 0 N–H and O–H groups in total. The summed E-state index contributed by atoms with van der Waals surface area (Å²) in [7, 11) is 3.92. The Morgan fingerprint density at radius 3 is 2.69 bits per heavy atom. The summed E-state index contributed by atoms with van der Waals surface area (Å²) in [5.74, 6) is -0.698. The second-order valence-corrected chi connectivity index (χ2v) is 8.18. The highest BCUT2D eigenvalue weighted by atomic mass is 32.1. The number of halogens is 1. The summed E-state index contributed by atoms with van der Waals surface area (Å²) in [5, 5.41) is 0.429. The minimum absolute atomic E-state index is 0.146. The zero-order chi connectivity index (χ0) is 21.1. The first-order valence-corrected chi connectivity index (χ1v) is 10.1. The summed E-state index contributed by atoms with van der Waals surface area (Å²) in [6.45, 7) is 4.51. The molecule has 0 unspecified atom stereocenters. The standard InChI is InChI=1S/C20H24FN5O2S/c1-13-14(2)22-12-25(19(13)28)11-17(27)26(10-6-9-24(3)4)20-23-18-15(21)7-5-8-16(18)29-20/h5,7-8,12H,6,9-11H2,1-4H3. The van der Waals surface area contributed by atoms with Crippen molar-refractivity contribution in [3.05, 3.63) is 52.0 Å². The molecule has 29 heavy (non-hydrogen) atoms.